The van der Waals surface area contributed by atoms with E-state index in [-0.39, 0.29) is 11.5 Å². The molecular formula is C13H12Br2N4O2. The Kier molecular flexibility index (Phi) is 4.92. The van der Waals surface area contributed by atoms with Crippen LogP contribution in [0.1, 0.15) is 21.7 Å². The molecule has 0 unspecified atom stereocenters. The fourth-order valence-corrected chi connectivity index (χ4v) is 2.63. The smallest absolute Gasteiger partial charge is 0.268 e. The van der Waals surface area contributed by atoms with Gasteiger partial charge in [-0.3, -0.25) is 19.6 Å². The molecule has 110 valence electrons. The fourth-order valence-electron chi connectivity index (χ4n) is 1.81. The van der Waals surface area contributed by atoms with Gasteiger partial charge in [-0.25, -0.2) is 10.8 Å². The third-order valence-corrected chi connectivity index (χ3v) is 4.26. The molecule has 1 amide bonds. The molecule has 0 saturated carbocycles. The third kappa shape index (κ3) is 3.39. The summed E-state index contributed by atoms with van der Waals surface area (Å²) in [5.41, 5.74) is 3.21. The SMILES string of the molecule is Cc1ncc(Br)c(=O)n1Cc1ccc(C(=O)NN)cc1Br. The maximum Gasteiger partial charge on any atom is 0.268 e. The molecule has 2 aromatic rings. The largest absolute Gasteiger partial charge is 0.291 e. The summed E-state index contributed by atoms with van der Waals surface area (Å²) in [6, 6.07) is 5.07. The highest BCUT2D eigenvalue weighted by Crippen LogP contribution is 2.20. The number of benzene rings is 1. The zero-order valence-electron chi connectivity index (χ0n) is 11.1. The molecule has 8 heteroatoms. The van der Waals surface area contributed by atoms with Gasteiger partial charge >= 0.3 is 0 Å². The van der Waals surface area contributed by atoms with Gasteiger partial charge in [0.2, 0.25) is 0 Å². The summed E-state index contributed by atoms with van der Waals surface area (Å²) < 4.78 is 2.67. The molecule has 0 aliphatic rings. The van der Waals surface area contributed by atoms with Crippen LogP contribution in [0.4, 0.5) is 0 Å². The summed E-state index contributed by atoms with van der Waals surface area (Å²) in [5.74, 6) is 5.33. The van der Waals surface area contributed by atoms with E-state index in [0.717, 1.165) is 10.0 Å². The zero-order chi connectivity index (χ0) is 15.6. The number of aromatic nitrogens is 2. The van der Waals surface area contributed by atoms with Gasteiger partial charge in [0.05, 0.1) is 6.54 Å². The minimum atomic E-state index is -0.375. The Morgan fingerprint density at radius 2 is 2.10 bits per heavy atom. The maximum atomic E-state index is 12.1. The predicted octanol–water partition coefficient (Wildman–Crippen LogP) is 1.73. The highest BCUT2D eigenvalue weighted by atomic mass is 79.9. The number of rotatable bonds is 3. The van der Waals surface area contributed by atoms with Crippen LogP contribution in [-0.2, 0) is 6.54 Å². The number of hydrogen-bond acceptors (Lipinski definition) is 4. The van der Waals surface area contributed by atoms with Crippen LogP contribution in [0.3, 0.4) is 0 Å². The number of nitrogens with two attached hydrogens (primary N) is 1. The second-order valence-electron chi connectivity index (χ2n) is 4.32. The van der Waals surface area contributed by atoms with Gasteiger partial charge in [0.15, 0.2) is 0 Å². The van der Waals surface area contributed by atoms with E-state index in [9.17, 15) is 9.59 Å². The quantitative estimate of drug-likeness (QED) is 0.453. The van der Waals surface area contributed by atoms with E-state index in [1.54, 1.807) is 29.7 Å². The molecule has 0 atom stereocenters. The molecule has 1 aromatic carbocycles. The van der Waals surface area contributed by atoms with Crippen LogP contribution in [0, 0.1) is 6.92 Å². The second kappa shape index (κ2) is 6.50. The molecule has 0 aliphatic heterocycles. The lowest BCUT2D eigenvalue weighted by Gasteiger charge is -2.11. The van der Waals surface area contributed by atoms with Crippen molar-refractivity contribution >= 4 is 37.8 Å². The molecule has 0 saturated heterocycles. The molecule has 1 heterocycles. The van der Waals surface area contributed by atoms with Gasteiger partial charge < -0.3 is 0 Å². The van der Waals surface area contributed by atoms with Crippen molar-refractivity contribution in [2.75, 3.05) is 0 Å². The number of halogens is 2. The minimum absolute atomic E-state index is 0.154. The van der Waals surface area contributed by atoms with Crippen molar-refractivity contribution in [3.63, 3.8) is 0 Å². The first-order valence-electron chi connectivity index (χ1n) is 5.95. The Labute approximate surface area is 137 Å². The van der Waals surface area contributed by atoms with Gasteiger partial charge in [-0.05, 0) is 40.5 Å². The van der Waals surface area contributed by atoms with Crippen LogP contribution >= 0.6 is 31.9 Å². The Hall–Kier alpha value is -1.51. The average Bonchev–Trinajstić information content (AvgIpc) is 2.48. The lowest BCUT2D eigenvalue weighted by Crippen LogP contribution is -2.30. The summed E-state index contributed by atoms with van der Waals surface area (Å²) in [7, 11) is 0. The molecule has 0 aliphatic carbocycles. The zero-order valence-corrected chi connectivity index (χ0v) is 14.2. The minimum Gasteiger partial charge on any atom is -0.291 e. The number of amides is 1. The standard InChI is InChI=1S/C13H12Br2N4O2/c1-7-17-5-11(15)13(21)19(7)6-9-3-2-8(4-10(9)14)12(20)18-16/h2-5H,6,16H2,1H3,(H,18,20). The van der Waals surface area contributed by atoms with Crippen molar-refractivity contribution in [2.24, 2.45) is 5.84 Å². The van der Waals surface area contributed by atoms with Crippen LogP contribution in [-0.4, -0.2) is 15.5 Å². The summed E-state index contributed by atoms with van der Waals surface area (Å²) in [6.45, 7) is 2.11. The number of carbonyl (C=O) groups is 1. The van der Waals surface area contributed by atoms with Crippen molar-refractivity contribution in [1.29, 1.82) is 0 Å². The van der Waals surface area contributed by atoms with E-state index in [1.165, 1.54) is 6.20 Å². The lowest BCUT2D eigenvalue weighted by atomic mass is 10.1. The average molecular weight is 416 g/mol. The Morgan fingerprint density at radius 3 is 2.71 bits per heavy atom. The number of nitrogens with zero attached hydrogens (tertiary/aromatic N) is 2. The van der Waals surface area contributed by atoms with E-state index in [1.807, 2.05) is 0 Å². The van der Waals surface area contributed by atoms with Crippen LogP contribution in [0.2, 0.25) is 0 Å². The summed E-state index contributed by atoms with van der Waals surface area (Å²) in [5, 5.41) is 0. The summed E-state index contributed by atoms with van der Waals surface area (Å²) in [6.07, 6.45) is 1.48. The van der Waals surface area contributed by atoms with Gasteiger partial charge in [-0.1, -0.05) is 22.0 Å². The fraction of sp³-hybridized carbons (Fsp3) is 0.154. The first kappa shape index (κ1) is 15.9. The van der Waals surface area contributed by atoms with Crippen molar-refractivity contribution < 1.29 is 4.79 Å². The molecule has 3 N–H and O–H groups in total. The number of nitrogens with one attached hydrogen (secondary N) is 1. The molecule has 0 bridgehead atoms. The highest BCUT2D eigenvalue weighted by Gasteiger charge is 2.11. The van der Waals surface area contributed by atoms with Gasteiger partial charge in [-0.15, -0.1) is 0 Å². The number of carbonyl (C=O) groups excluding carboxylic acids is 1. The Bertz CT molecular complexity index is 758. The molecule has 0 spiro atoms. The number of hydrazine groups is 1. The van der Waals surface area contributed by atoms with Gasteiger partial charge in [-0.2, -0.15) is 0 Å². The molecule has 0 fully saturated rings. The maximum absolute atomic E-state index is 12.1. The molecule has 2 rings (SSSR count). The molecular weight excluding hydrogens is 404 g/mol. The van der Waals surface area contributed by atoms with E-state index < -0.39 is 0 Å². The Morgan fingerprint density at radius 1 is 1.38 bits per heavy atom. The van der Waals surface area contributed by atoms with Crippen LogP contribution in [0.25, 0.3) is 0 Å². The predicted molar refractivity (Wildman–Crippen MR) is 85.8 cm³/mol. The number of aryl methyl sites for hydroxylation is 1. The van der Waals surface area contributed by atoms with Gasteiger partial charge in [0, 0.05) is 16.2 Å². The monoisotopic (exact) mass is 414 g/mol. The normalized spacial score (nSPS) is 10.5. The topological polar surface area (TPSA) is 90.0 Å². The van der Waals surface area contributed by atoms with Crippen LogP contribution < -0.4 is 16.8 Å². The van der Waals surface area contributed by atoms with Crippen molar-refractivity contribution in [3.8, 4) is 0 Å². The van der Waals surface area contributed by atoms with Crippen molar-refractivity contribution in [2.45, 2.75) is 13.5 Å². The summed E-state index contributed by atoms with van der Waals surface area (Å²) >= 11 is 6.58. The molecule has 21 heavy (non-hydrogen) atoms. The second-order valence-corrected chi connectivity index (χ2v) is 6.03. The van der Waals surface area contributed by atoms with Crippen molar-refractivity contribution in [1.82, 2.24) is 15.0 Å². The third-order valence-electron chi connectivity index (χ3n) is 2.98. The first-order valence-corrected chi connectivity index (χ1v) is 7.54. The van der Waals surface area contributed by atoms with E-state index in [0.29, 0.717) is 22.4 Å². The van der Waals surface area contributed by atoms with Gasteiger partial charge in [0.1, 0.15) is 10.3 Å². The molecule has 1 aromatic heterocycles. The Balaban J connectivity index is 2.40. The van der Waals surface area contributed by atoms with E-state index in [4.69, 9.17) is 5.84 Å². The molecule has 0 radical (unpaired) electrons. The molecule has 6 nitrogen and oxygen atoms in total. The van der Waals surface area contributed by atoms with Crippen LogP contribution in [0.15, 0.2) is 38.1 Å². The van der Waals surface area contributed by atoms with E-state index >= 15 is 0 Å². The lowest BCUT2D eigenvalue weighted by molar-refractivity contribution is 0.0953. The van der Waals surface area contributed by atoms with Crippen molar-refractivity contribution in [3.05, 3.63) is 60.6 Å². The summed E-state index contributed by atoms with van der Waals surface area (Å²) in [4.78, 5) is 27.7. The first-order chi connectivity index (χ1) is 9.93. The van der Waals surface area contributed by atoms with E-state index in [2.05, 4.69) is 42.3 Å². The highest BCUT2D eigenvalue weighted by molar-refractivity contribution is 9.10. The number of hydrogen-bond donors (Lipinski definition) is 2. The number of nitrogen functional groups attached to an aromatic ring is 1. The van der Waals surface area contributed by atoms with Crippen LogP contribution in [0.5, 0.6) is 0 Å². The van der Waals surface area contributed by atoms with Gasteiger partial charge in [0.25, 0.3) is 11.5 Å².